The van der Waals surface area contributed by atoms with E-state index >= 15 is 0 Å². The molecule has 0 aliphatic carbocycles. The molecule has 0 amide bonds. The summed E-state index contributed by atoms with van der Waals surface area (Å²) in [4.78, 5) is 19.5. The van der Waals surface area contributed by atoms with Crippen molar-refractivity contribution < 1.29 is 14.4 Å². The third kappa shape index (κ3) is 3.26. The fraction of sp³-hybridized carbons (Fsp3) is 0.200. The van der Waals surface area contributed by atoms with Crippen LogP contribution in [-0.2, 0) is 11.3 Å². The molecule has 4 heterocycles. The minimum Gasteiger partial charge on any atom is -0.481 e. The summed E-state index contributed by atoms with van der Waals surface area (Å²) in [6, 6.07) is 11.2. The quantitative estimate of drug-likeness (QED) is 0.458. The first kappa shape index (κ1) is 18.1. The average molecular weight is 429 g/mol. The van der Waals surface area contributed by atoms with Crippen LogP contribution in [-0.4, -0.2) is 30.8 Å². The van der Waals surface area contributed by atoms with E-state index in [-0.39, 0.29) is 22.6 Å². The van der Waals surface area contributed by atoms with E-state index in [2.05, 4.69) is 25.8 Å². The van der Waals surface area contributed by atoms with E-state index in [1.165, 1.54) is 0 Å². The number of rotatable bonds is 4. The number of fused-ring (bicyclic) bond motifs is 3. The zero-order valence-corrected chi connectivity index (χ0v) is 16.5. The predicted octanol–water partition coefficient (Wildman–Crippen LogP) is 5.02. The van der Waals surface area contributed by atoms with Crippen LogP contribution in [0.2, 0.25) is 10.3 Å². The smallest absolute Gasteiger partial charge is 0.304 e. The molecule has 9 heteroatoms. The third-order valence-electron chi connectivity index (χ3n) is 5.17. The lowest BCUT2D eigenvalue weighted by molar-refractivity contribution is -0.137. The van der Waals surface area contributed by atoms with Crippen LogP contribution in [0.25, 0.3) is 33.7 Å². The number of aliphatic carboxylic acids is 1. The van der Waals surface area contributed by atoms with E-state index in [0.29, 0.717) is 17.3 Å². The van der Waals surface area contributed by atoms with Gasteiger partial charge in [-0.15, -0.1) is 0 Å². The molecular formula is C20H14Cl2N4O3. The Morgan fingerprint density at radius 2 is 1.93 bits per heavy atom. The van der Waals surface area contributed by atoms with Gasteiger partial charge in [0.2, 0.25) is 5.82 Å². The zero-order chi connectivity index (χ0) is 20.1. The molecule has 0 radical (unpaired) electrons. The summed E-state index contributed by atoms with van der Waals surface area (Å²) in [5.41, 5.74) is 3.54. The molecule has 29 heavy (non-hydrogen) atoms. The Balaban J connectivity index is 1.50. The second-order valence-corrected chi connectivity index (χ2v) is 7.78. The maximum absolute atomic E-state index is 11.1. The normalized spacial score (nSPS) is 15.7. The zero-order valence-electron chi connectivity index (χ0n) is 15.0. The second kappa shape index (κ2) is 6.86. The van der Waals surface area contributed by atoms with Crippen molar-refractivity contribution in [3.8, 4) is 22.8 Å². The van der Waals surface area contributed by atoms with E-state index in [1.54, 1.807) is 12.1 Å². The van der Waals surface area contributed by atoms with Crippen LogP contribution in [0.1, 0.15) is 24.5 Å². The first-order valence-corrected chi connectivity index (χ1v) is 9.76. The SMILES string of the molecule is O=C(O)C[C@H]1CCn2c1cc1cc(-c3noc(-c4cc(Cl)nc(Cl)c4)n3)ccc12. The van der Waals surface area contributed by atoms with E-state index in [9.17, 15) is 4.79 Å². The van der Waals surface area contributed by atoms with Crippen molar-refractivity contribution >= 4 is 40.1 Å². The lowest BCUT2D eigenvalue weighted by atomic mass is 10.0. The van der Waals surface area contributed by atoms with Gasteiger partial charge in [0.05, 0.1) is 6.42 Å². The van der Waals surface area contributed by atoms with E-state index in [1.807, 2.05) is 18.2 Å². The first-order valence-electron chi connectivity index (χ1n) is 9.00. The number of carboxylic acid groups (broad SMARTS) is 1. The Morgan fingerprint density at radius 3 is 2.69 bits per heavy atom. The summed E-state index contributed by atoms with van der Waals surface area (Å²) >= 11 is 11.9. The number of nitrogens with zero attached hydrogens (tertiary/aromatic N) is 4. The number of hydrogen-bond acceptors (Lipinski definition) is 5. The van der Waals surface area contributed by atoms with Gasteiger partial charge >= 0.3 is 5.97 Å². The van der Waals surface area contributed by atoms with Crippen LogP contribution in [0.5, 0.6) is 0 Å². The number of carbonyl (C=O) groups is 1. The van der Waals surface area contributed by atoms with Crippen LogP contribution in [0.4, 0.5) is 0 Å². The van der Waals surface area contributed by atoms with Gasteiger partial charge in [0.1, 0.15) is 10.3 Å². The lowest BCUT2D eigenvalue weighted by Crippen LogP contribution is -2.02. The molecule has 7 nitrogen and oxygen atoms in total. The predicted molar refractivity (Wildman–Crippen MR) is 108 cm³/mol. The molecule has 1 aromatic carbocycles. The molecular weight excluding hydrogens is 415 g/mol. The minimum atomic E-state index is -0.773. The number of aromatic nitrogens is 4. The molecule has 0 unspecified atom stereocenters. The van der Waals surface area contributed by atoms with Gasteiger partial charge in [-0.2, -0.15) is 4.98 Å². The van der Waals surface area contributed by atoms with Gasteiger partial charge in [-0.3, -0.25) is 4.79 Å². The molecule has 0 saturated heterocycles. The molecule has 4 aromatic rings. The summed E-state index contributed by atoms with van der Waals surface area (Å²) in [7, 11) is 0. The summed E-state index contributed by atoms with van der Waals surface area (Å²) in [5, 5.41) is 14.7. The molecule has 1 atom stereocenters. The number of aryl methyl sites for hydroxylation is 1. The Labute approximate surface area is 174 Å². The highest BCUT2D eigenvalue weighted by Gasteiger charge is 2.27. The van der Waals surface area contributed by atoms with Crippen molar-refractivity contribution in [1.82, 2.24) is 19.7 Å². The van der Waals surface area contributed by atoms with Gasteiger partial charge in [-0.1, -0.05) is 28.4 Å². The van der Waals surface area contributed by atoms with Crippen LogP contribution < -0.4 is 0 Å². The standard InChI is InChI=1S/C20H14Cl2N4O3/c21-16-7-13(8-17(22)23-16)20-24-19(25-29-20)11-1-2-14-12(5-11)6-15-10(9-18(27)28)3-4-26(14)15/h1-2,5-8,10H,3-4,9H2,(H,27,28)/t10-/m1/s1. The lowest BCUT2D eigenvalue weighted by Gasteiger charge is -2.04. The monoisotopic (exact) mass is 428 g/mol. The Bertz CT molecular complexity index is 1240. The number of halogens is 2. The van der Waals surface area contributed by atoms with Gasteiger partial charge in [0.25, 0.3) is 5.89 Å². The third-order valence-corrected chi connectivity index (χ3v) is 5.56. The highest BCUT2D eigenvalue weighted by atomic mass is 35.5. The van der Waals surface area contributed by atoms with Crippen LogP contribution >= 0.6 is 23.2 Å². The minimum absolute atomic E-state index is 0.0429. The van der Waals surface area contributed by atoms with Crippen molar-refractivity contribution in [2.24, 2.45) is 0 Å². The molecule has 0 saturated carbocycles. The molecule has 3 aromatic heterocycles. The van der Waals surface area contributed by atoms with E-state index < -0.39 is 5.97 Å². The van der Waals surface area contributed by atoms with E-state index in [4.69, 9.17) is 32.8 Å². The molecule has 0 spiro atoms. The van der Waals surface area contributed by atoms with Crippen LogP contribution in [0.15, 0.2) is 40.9 Å². The summed E-state index contributed by atoms with van der Waals surface area (Å²) in [5.74, 6) is 0.0120. The Morgan fingerprint density at radius 1 is 1.14 bits per heavy atom. The molecule has 1 aliphatic rings. The van der Waals surface area contributed by atoms with Gasteiger partial charge in [0, 0.05) is 40.2 Å². The number of pyridine rings is 1. The Hall–Kier alpha value is -2.90. The molecule has 1 aliphatic heterocycles. The van der Waals surface area contributed by atoms with Crippen molar-refractivity contribution in [3.63, 3.8) is 0 Å². The van der Waals surface area contributed by atoms with Crippen molar-refractivity contribution in [2.45, 2.75) is 25.3 Å². The van der Waals surface area contributed by atoms with E-state index in [0.717, 1.165) is 35.1 Å². The van der Waals surface area contributed by atoms with Crippen molar-refractivity contribution in [3.05, 3.63) is 52.4 Å². The summed E-state index contributed by atoms with van der Waals surface area (Å²) < 4.78 is 7.56. The Kier molecular flexibility index (Phi) is 4.29. The van der Waals surface area contributed by atoms with Crippen LogP contribution in [0.3, 0.4) is 0 Å². The fourth-order valence-electron chi connectivity index (χ4n) is 3.92. The highest BCUT2D eigenvalue weighted by Crippen LogP contribution is 2.37. The van der Waals surface area contributed by atoms with Crippen molar-refractivity contribution in [2.75, 3.05) is 0 Å². The van der Waals surface area contributed by atoms with Gasteiger partial charge in [-0.25, -0.2) is 4.98 Å². The van der Waals surface area contributed by atoms with Gasteiger partial charge in [0.15, 0.2) is 0 Å². The van der Waals surface area contributed by atoms with Gasteiger partial charge in [-0.05, 0) is 42.8 Å². The van der Waals surface area contributed by atoms with Crippen LogP contribution in [0, 0.1) is 0 Å². The number of hydrogen-bond donors (Lipinski definition) is 1. The largest absolute Gasteiger partial charge is 0.481 e. The number of carboxylic acids is 1. The first-order chi connectivity index (χ1) is 14.0. The van der Waals surface area contributed by atoms with Crippen molar-refractivity contribution in [1.29, 1.82) is 0 Å². The topological polar surface area (TPSA) is 94.0 Å². The maximum Gasteiger partial charge on any atom is 0.304 e. The average Bonchev–Trinajstić information content (AvgIpc) is 3.36. The fourth-order valence-corrected chi connectivity index (χ4v) is 4.38. The molecule has 5 rings (SSSR count). The molecule has 1 N–H and O–H groups in total. The maximum atomic E-state index is 11.1. The summed E-state index contributed by atoms with van der Waals surface area (Å²) in [6.07, 6.45) is 0.999. The molecule has 0 fully saturated rings. The molecule has 0 bridgehead atoms. The highest BCUT2D eigenvalue weighted by molar-refractivity contribution is 6.32. The number of benzene rings is 1. The van der Waals surface area contributed by atoms with Gasteiger partial charge < -0.3 is 14.2 Å². The second-order valence-electron chi connectivity index (χ2n) is 7.00. The molecule has 146 valence electrons. The summed E-state index contributed by atoms with van der Waals surface area (Å²) in [6.45, 7) is 0.825.